The number of carboxylic acid groups (broad SMARTS) is 1. The third-order valence-corrected chi connectivity index (χ3v) is 4.74. The molecule has 8 nitrogen and oxygen atoms in total. The van der Waals surface area contributed by atoms with Gasteiger partial charge in [-0.3, -0.25) is 9.59 Å². The van der Waals surface area contributed by atoms with Gasteiger partial charge in [0.05, 0.1) is 23.3 Å². The van der Waals surface area contributed by atoms with Crippen molar-refractivity contribution >= 4 is 11.9 Å². The van der Waals surface area contributed by atoms with E-state index in [0.717, 1.165) is 12.8 Å². The third kappa shape index (κ3) is 3.89. The Kier molecular flexibility index (Phi) is 4.87. The Bertz CT molecular complexity index is 739. The number of carboxylic acids is 1. The summed E-state index contributed by atoms with van der Waals surface area (Å²) in [7, 11) is 0. The van der Waals surface area contributed by atoms with Crippen LogP contribution >= 0.6 is 0 Å². The van der Waals surface area contributed by atoms with Crippen LogP contribution in [0, 0.1) is 5.92 Å². The van der Waals surface area contributed by atoms with Gasteiger partial charge in [-0.05, 0) is 25.8 Å². The van der Waals surface area contributed by atoms with E-state index >= 15 is 0 Å². The fraction of sp³-hybridized carbons (Fsp3) is 0.529. The summed E-state index contributed by atoms with van der Waals surface area (Å²) in [6, 6.07) is 1.72. The molecule has 3 rings (SSSR count). The molecule has 2 unspecified atom stereocenters. The predicted molar refractivity (Wildman–Crippen MR) is 86.5 cm³/mol. The minimum atomic E-state index is -0.857. The maximum Gasteiger partial charge on any atom is 0.308 e. The molecule has 0 radical (unpaired) electrons. The molecule has 0 bridgehead atoms. The van der Waals surface area contributed by atoms with Crippen LogP contribution in [-0.4, -0.2) is 32.7 Å². The topological polar surface area (TPSA) is 118 Å². The van der Waals surface area contributed by atoms with Crippen LogP contribution in [0.15, 0.2) is 27.5 Å². The number of aromatic nitrogens is 2. The quantitative estimate of drug-likeness (QED) is 0.823. The first-order valence-corrected chi connectivity index (χ1v) is 8.37. The van der Waals surface area contributed by atoms with Gasteiger partial charge in [-0.1, -0.05) is 18.0 Å². The number of amides is 1. The molecule has 2 aromatic heterocycles. The lowest BCUT2D eigenvalue weighted by Gasteiger charge is -2.39. The van der Waals surface area contributed by atoms with E-state index in [1.807, 2.05) is 6.92 Å². The van der Waals surface area contributed by atoms with E-state index in [0.29, 0.717) is 36.5 Å². The molecule has 0 aromatic carbocycles. The molecule has 1 fully saturated rings. The molecular weight excluding hydrogens is 326 g/mol. The van der Waals surface area contributed by atoms with Gasteiger partial charge in [-0.25, -0.2) is 0 Å². The molecule has 2 N–H and O–H groups in total. The highest BCUT2D eigenvalue weighted by Crippen LogP contribution is 2.34. The predicted octanol–water partition coefficient (Wildman–Crippen LogP) is 2.41. The second-order valence-corrected chi connectivity index (χ2v) is 6.63. The smallest absolute Gasteiger partial charge is 0.308 e. The zero-order valence-electron chi connectivity index (χ0n) is 14.0. The number of carbonyl (C=O) groups excluding carboxylic acids is 1. The molecule has 1 saturated carbocycles. The molecule has 2 atom stereocenters. The number of carbonyl (C=O) groups is 2. The second kappa shape index (κ2) is 7.08. The summed E-state index contributed by atoms with van der Waals surface area (Å²) < 4.78 is 10.1. The molecule has 1 aliphatic carbocycles. The van der Waals surface area contributed by atoms with Crippen LogP contribution in [0.2, 0.25) is 0 Å². The maximum atomic E-state index is 12.3. The van der Waals surface area contributed by atoms with Gasteiger partial charge in [0.2, 0.25) is 17.6 Å². The monoisotopic (exact) mass is 347 g/mol. The van der Waals surface area contributed by atoms with Crippen molar-refractivity contribution in [2.75, 3.05) is 0 Å². The average Bonchev–Trinajstić information content (AvgIpc) is 3.24. The lowest BCUT2D eigenvalue weighted by molar-refractivity contribution is -0.146. The van der Waals surface area contributed by atoms with E-state index in [1.54, 1.807) is 6.07 Å². The van der Waals surface area contributed by atoms with Gasteiger partial charge >= 0.3 is 5.97 Å². The average molecular weight is 347 g/mol. The molecule has 2 heterocycles. The first-order valence-electron chi connectivity index (χ1n) is 8.37. The number of furan rings is 1. The van der Waals surface area contributed by atoms with Crippen molar-refractivity contribution < 1.29 is 23.6 Å². The van der Waals surface area contributed by atoms with Crippen molar-refractivity contribution in [1.82, 2.24) is 15.5 Å². The standard InChI is InChI=1S/C17H21N3O5/c1-17(8-3-2-4-12(17)16(22)23)19-13(21)5-6-14-18-15(20-25-14)11-7-9-24-10-11/h7,9-10,12H,2-6,8H2,1H3,(H,19,21)(H,22,23). The van der Waals surface area contributed by atoms with E-state index < -0.39 is 17.4 Å². The Morgan fingerprint density at radius 2 is 2.28 bits per heavy atom. The minimum absolute atomic E-state index is 0.162. The minimum Gasteiger partial charge on any atom is -0.481 e. The first kappa shape index (κ1) is 17.2. The highest BCUT2D eigenvalue weighted by molar-refractivity contribution is 5.79. The summed E-state index contributed by atoms with van der Waals surface area (Å²) >= 11 is 0. The normalized spacial score (nSPS) is 23.3. The highest BCUT2D eigenvalue weighted by atomic mass is 16.5. The number of aryl methyl sites for hydroxylation is 1. The van der Waals surface area contributed by atoms with Crippen LogP contribution in [0.4, 0.5) is 0 Å². The third-order valence-electron chi connectivity index (χ3n) is 4.74. The zero-order chi connectivity index (χ0) is 17.9. The molecular formula is C17H21N3O5. The lowest BCUT2D eigenvalue weighted by atomic mass is 9.74. The molecule has 0 spiro atoms. The fourth-order valence-corrected chi connectivity index (χ4v) is 3.35. The van der Waals surface area contributed by atoms with Crippen molar-refractivity contribution in [3.05, 3.63) is 24.5 Å². The summed E-state index contributed by atoms with van der Waals surface area (Å²) in [6.45, 7) is 1.81. The van der Waals surface area contributed by atoms with Crippen molar-refractivity contribution in [3.63, 3.8) is 0 Å². The summed E-state index contributed by atoms with van der Waals surface area (Å²) in [5.41, 5.74) is -0.00344. The van der Waals surface area contributed by atoms with E-state index in [4.69, 9.17) is 8.94 Å². The molecule has 1 amide bonds. The Labute approximate surface area is 144 Å². The molecule has 25 heavy (non-hydrogen) atoms. The van der Waals surface area contributed by atoms with E-state index in [9.17, 15) is 14.7 Å². The number of nitrogens with zero attached hydrogens (tertiary/aromatic N) is 2. The lowest BCUT2D eigenvalue weighted by Crippen LogP contribution is -2.55. The first-order chi connectivity index (χ1) is 12.0. The van der Waals surface area contributed by atoms with Crippen molar-refractivity contribution in [1.29, 1.82) is 0 Å². The molecule has 2 aromatic rings. The highest BCUT2D eigenvalue weighted by Gasteiger charge is 2.42. The van der Waals surface area contributed by atoms with Crippen LogP contribution in [0.3, 0.4) is 0 Å². The number of aliphatic carboxylic acids is 1. The van der Waals surface area contributed by atoms with Gasteiger partial charge in [-0.15, -0.1) is 0 Å². The Morgan fingerprint density at radius 1 is 1.44 bits per heavy atom. The summed E-state index contributed by atoms with van der Waals surface area (Å²) in [5.74, 6) is -0.853. The van der Waals surface area contributed by atoms with Crippen molar-refractivity contribution in [3.8, 4) is 11.4 Å². The van der Waals surface area contributed by atoms with Gasteiger partial charge in [0.15, 0.2) is 0 Å². The Morgan fingerprint density at radius 3 is 3.00 bits per heavy atom. The van der Waals surface area contributed by atoms with Gasteiger partial charge in [0, 0.05) is 12.8 Å². The number of hydrogen-bond donors (Lipinski definition) is 2. The molecule has 0 aliphatic heterocycles. The molecule has 1 aliphatic rings. The Balaban J connectivity index is 1.56. The summed E-state index contributed by atoms with van der Waals surface area (Å²) in [5, 5.41) is 16.1. The van der Waals surface area contributed by atoms with E-state index in [-0.39, 0.29) is 12.3 Å². The largest absolute Gasteiger partial charge is 0.481 e. The van der Waals surface area contributed by atoms with Crippen molar-refractivity contribution in [2.45, 2.75) is 51.0 Å². The fourth-order valence-electron chi connectivity index (χ4n) is 3.35. The number of hydrogen-bond acceptors (Lipinski definition) is 6. The Hall–Kier alpha value is -2.64. The van der Waals surface area contributed by atoms with Crippen LogP contribution in [0.5, 0.6) is 0 Å². The van der Waals surface area contributed by atoms with Gasteiger partial charge in [0.1, 0.15) is 6.26 Å². The van der Waals surface area contributed by atoms with Gasteiger partial charge in [-0.2, -0.15) is 4.98 Å². The van der Waals surface area contributed by atoms with Crippen LogP contribution in [0.25, 0.3) is 11.4 Å². The van der Waals surface area contributed by atoms with Gasteiger partial charge in [0.25, 0.3) is 0 Å². The molecule has 8 heteroatoms. The molecule has 0 saturated heterocycles. The van der Waals surface area contributed by atoms with Crippen LogP contribution < -0.4 is 5.32 Å². The SMILES string of the molecule is CC1(NC(=O)CCc2nc(-c3ccoc3)no2)CCCCC1C(=O)O. The second-order valence-electron chi connectivity index (χ2n) is 6.63. The summed E-state index contributed by atoms with van der Waals surface area (Å²) in [6.07, 6.45) is 6.53. The van der Waals surface area contributed by atoms with Gasteiger partial charge < -0.3 is 19.4 Å². The number of nitrogens with one attached hydrogen (secondary N) is 1. The van der Waals surface area contributed by atoms with E-state index in [1.165, 1.54) is 12.5 Å². The van der Waals surface area contributed by atoms with Crippen LogP contribution in [0.1, 0.15) is 44.9 Å². The van der Waals surface area contributed by atoms with E-state index in [2.05, 4.69) is 15.5 Å². The molecule has 134 valence electrons. The zero-order valence-corrected chi connectivity index (χ0v) is 14.0. The maximum absolute atomic E-state index is 12.3. The van der Waals surface area contributed by atoms with Crippen LogP contribution in [-0.2, 0) is 16.0 Å². The van der Waals surface area contributed by atoms with Crippen molar-refractivity contribution in [2.24, 2.45) is 5.92 Å². The number of rotatable bonds is 6. The summed E-state index contributed by atoms with van der Waals surface area (Å²) in [4.78, 5) is 28.0.